The van der Waals surface area contributed by atoms with Gasteiger partial charge in [-0.25, -0.2) is 0 Å². The first-order chi connectivity index (χ1) is 7.31. The molecule has 1 aromatic heterocycles. The fourth-order valence-corrected chi connectivity index (χ4v) is 1.75. The molecule has 2 aromatic rings. The molecule has 0 aliphatic rings. The van der Waals surface area contributed by atoms with Gasteiger partial charge in [-0.2, -0.15) is 0 Å². The van der Waals surface area contributed by atoms with E-state index in [1.54, 1.807) is 6.26 Å². The molecule has 1 aromatic carbocycles. The molecular weight excluding hydrogens is 256 g/mol. The predicted molar refractivity (Wildman–Crippen MR) is 63.0 cm³/mol. The Hall–Kier alpha value is -1.22. The quantitative estimate of drug-likeness (QED) is 0.835. The van der Waals surface area contributed by atoms with Gasteiger partial charge in [-0.1, -0.05) is 15.9 Å². The highest BCUT2D eigenvalue weighted by Gasteiger charge is 2.08. The minimum atomic E-state index is 0.643. The van der Waals surface area contributed by atoms with Gasteiger partial charge in [0.25, 0.3) is 0 Å². The van der Waals surface area contributed by atoms with Crippen LogP contribution >= 0.6 is 15.9 Å². The lowest BCUT2D eigenvalue weighted by Gasteiger charge is -2.08. The predicted octanol–water partition coefficient (Wildman–Crippen LogP) is 4.11. The fourth-order valence-electron chi connectivity index (χ4n) is 1.41. The number of rotatable bonds is 3. The summed E-state index contributed by atoms with van der Waals surface area (Å²) in [6.07, 6.45) is 1.66. The number of hydrogen-bond donors (Lipinski definition) is 0. The van der Waals surface area contributed by atoms with Crippen LogP contribution in [-0.4, -0.2) is 6.61 Å². The van der Waals surface area contributed by atoms with E-state index in [0.29, 0.717) is 6.61 Å². The van der Waals surface area contributed by atoms with Crippen molar-refractivity contribution in [1.29, 1.82) is 0 Å². The van der Waals surface area contributed by atoms with E-state index in [9.17, 15) is 0 Å². The van der Waals surface area contributed by atoms with Gasteiger partial charge in [0.2, 0.25) is 0 Å². The van der Waals surface area contributed by atoms with Crippen molar-refractivity contribution in [2.45, 2.75) is 6.92 Å². The molecule has 0 amide bonds. The second-order valence-electron chi connectivity index (χ2n) is 3.05. The molecule has 0 aliphatic heterocycles. The molecule has 3 heteroatoms. The molecule has 0 aliphatic carbocycles. The average molecular weight is 267 g/mol. The maximum Gasteiger partial charge on any atom is 0.137 e. The van der Waals surface area contributed by atoms with E-state index in [-0.39, 0.29) is 0 Å². The Labute approximate surface area is 97.0 Å². The number of ether oxygens (including phenoxy) is 1. The van der Waals surface area contributed by atoms with E-state index in [4.69, 9.17) is 9.15 Å². The first-order valence-electron chi connectivity index (χ1n) is 4.77. The van der Waals surface area contributed by atoms with Crippen LogP contribution in [0.3, 0.4) is 0 Å². The number of furan rings is 1. The monoisotopic (exact) mass is 266 g/mol. The Balaban J connectivity index is 2.46. The van der Waals surface area contributed by atoms with Crippen molar-refractivity contribution in [1.82, 2.24) is 0 Å². The lowest BCUT2D eigenvalue weighted by atomic mass is 10.1. The average Bonchev–Trinajstić information content (AvgIpc) is 2.71. The Morgan fingerprint density at radius 2 is 2.20 bits per heavy atom. The smallest absolute Gasteiger partial charge is 0.137 e. The second-order valence-corrected chi connectivity index (χ2v) is 3.97. The van der Waals surface area contributed by atoms with E-state index >= 15 is 0 Å². The van der Waals surface area contributed by atoms with Crippen LogP contribution in [0.4, 0.5) is 0 Å². The third-order valence-corrected chi connectivity index (χ3v) is 2.52. The highest BCUT2D eigenvalue weighted by molar-refractivity contribution is 9.10. The van der Waals surface area contributed by atoms with Crippen LogP contribution < -0.4 is 4.74 Å². The summed E-state index contributed by atoms with van der Waals surface area (Å²) in [5.41, 5.74) is 0.977. The molecule has 0 unspecified atom stereocenters. The molecule has 15 heavy (non-hydrogen) atoms. The van der Waals surface area contributed by atoms with E-state index in [0.717, 1.165) is 21.5 Å². The van der Waals surface area contributed by atoms with Gasteiger partial charge in [0.15, 0.2) is 0 Å². The van der Waals surface area contributed by atoms with Crippen LogP contribution in [0, 0.1) is 0 Å². The topological polar surface area (TPSA) is 22.4 Å². The van der Waals surface area contributed by atoms with Crippen LogP contribution in [0.5, 0.6) is 5.75 Å². The molecule has 0 atom stereocenters. The van der Waals surface area contributed by atoms with Gasteiger partial charge in [0.05, 0.1) is 18.4 Å². The zero-order valence-corrected chi connectivity index (χ0v) is 9.95. The van der Waals surface area contributed by atoms with Crippen molar-refractivity contribution >= 4 is 15.9 Å². The normalized spacial score (nSPS) is 10.3. The molecular formula is C12H11BrO2. The summed E-state index contributed by atoms with van der Waals surface area (Å²) in [4.78, 5) is 0. The molecule has 0 radical (unpaired) electrons. The van der Waals surface area contributed by atoms with Gasteiger partial charge in [-0.05, 0) is 37.3 Å². The molecule has 0 fully saturated rings. The lowest BCUT2D eigenvalue weighted by Crippen LogP contribution is -1.93. The molecule has 0 saturated carbocycles. The summed E-state index contributed by atoms with van der Waals surface area (Å²) in [6.45, 7) is 2.61. The zero-order chi connectivity index (χ0) is 10.7. The summed E-state index contributed by atoms with van der Waals surface area (Å²) in [5.74, 6) is 1.66. The van der Waals surface area contributed by atoms with Gasteiger partial charge in [0, 0.05) is 4.47 Å². The number of benzene rings is 1. The van der Waals surface area contributed by atoms with E-state index in [2.05, 4.69) is 15.9 Å². The first-order valence-corrected chi connectivity index (χ1v) is 5.57. The van der Waals surface area contributed by atoms with Crippen LogP contribution in [0.15, 0.2) is 45.5 Å². The summed E-state index contributed by atoms with van der Waals surface area (Å²) < 4.78 is 11.9. The van der Waals surface area contributed by atoms with Crippen molar-refractivity contribution in [3.63, 3.8) is 0 Å². The molecule has 2 rings (SSSR count). The van der Waals surface area contributed by atoms with Crippen LogP contribution in [0.2, 0.25) is 0 Å². The fraction of sp³-hybridized carbons (Fsp3) is 0.167. The Morgan fingerprint density at radius 1 is 1.33 bits per heavy atom. The SMILES string of the molecule is CCOc1cc(Br)ccc1-c1ccco1. The zero-order valence-electron chi connectivity index (χ0n) is 8.37. The molecule has 0 N–H and O–H groups in total. The van der Waals surface area contributed by atoms with Crippen molar-refractivity contribution < 1.29 is 9.15 Å². The molecule has 0 spiro atoms. The second kappa shape index (κ2) is 4.53. The summed E-state index contributed by atoms with van der Waals surface area (Å²) in [6, 6.07) is 9.69. The minimum absolute atomic E-state index is 0.643. The number of hydrogen-bond acceptors (Lipinski definition) is 2. The Morgan fingerprint density at radius 3 is 2.87 bits per heavy atom. The molecule has 0 bridgehead atoms. The van der Waals surface area contributed by atoms with E-state index < -0.39 is 0 Å². The molecule has 1 heterocycles. The van der Waals surface area contributed by atoms with Gasteiger partial charge in [-0.3, -0.25) is 0 Å². The highest BCUT2D eigenvalue weighted by atomic mass is 79.9. The molecule has 2 nitrogen and oxygen atoms in total. The lowest BCUT2D eigenvalue weighted by molar-refractivity contribution is 0.340. The number of halogens is 1. The van der Waals surface area contributed by atoms with Crippen LogP contribution in [0.25, 0.3) is 11.3 Å². The van der Waals surface area contributed by atoms with Crippen molar-refractivity contribution in [3.05, 3.63) is 41.1 Å². The van der Waals surface area contributed by atoms with Gasteiger partial charge < -0.3 is 9.15 Å². The minimum Gasteiger partial charge on any atom is -0.493 e. The third-order valence-electron chi connectivity index (χ3n) is 2.03. The van der Waals surface area contributed by atoms with Crippen LogP contribution in [-0.2, 0) is 0 Å². The van der Waals surface area contributed by atoms with Gasteiger partial charge in [0.1, 0.15) is 11.5 Å². The van der Waals surface area contributed by atoms with Gasteiger partial charge >= 0.3 is 0 Å². The van der Waals surface area contributed by atoms with Crippen molar-refractivity contribution in [2.75, 3.05) is 6.61 Å². The van der Waals surface area contributed by atoms with Crippen molar-refractivity contribution in [2.24, 2.45) is 0 Å². The first kappa shape index (κ1) is 10.3. The van der Waals surface area contributed by atoms with Gasteiger partial charge in [-0.15, -0.1) is 0 Å². The maximum atomic E-state index is 5.55. The maximum absolute atomic E-state index is 5.55. The summed E-state index contributed by atoms with van der Waals surface area (Å²) in [5, 5.41) is 0. The summed E-state index contributed by atoms with van der Waals surface area (Å²) >= 11 is 3.42. The molecule has 78 valence electrons. The summed E-state index contributed by atoms with van der Waals surface area (Å²) in [7, 11) is 0. The van der Waals surface area contributed by atoms with Crippen LogP contribution in [0.1, 0.15) is 6.92 Å². The van der Waals surface area contributed by atoms with Crippen molar-refractivity contribution in [3.8, 4) is 17.1 Å². The molecule has 0 saturated heterocycles. The largest absolute Gasteiger partial charge is 0.493 e. The Bertz CT molecular complexity index is 435. The highest BCUT2D eigenvalue weighted by Crippen LogP contribution is 2.32. The third kappa shape index (κ3) is 2.23. The van der Waals surface area contributed by atoms with E-state index in [1.807, 2.05) is 37.3 Å². The Kier molecular flexibility index (Phi) is 3.11. The van der Waals surface area contributed by atoms with E-state index in [1.165, 1.54) is 0 Å². The standard InChI is InChI=1S/C12H11BrO2/c1-2-14-12-8-9(13)5-6-10(12)11-4-3-7-15-11/h3-8H,2H2,1H3.